The third-order valence-corrected chi connectivity index (χ3v) is 6.28. The van der Waals surface area contributed by atoms with E-state index in [1.807, 2.05) is 24.0 Å². The van der Waals surface area contributed by atoms with E-state index >= 15 is 0 Å². The van der Waals surface area contributed by atoms with Crippen molar-refractivity contribution in [1.82, 2.24) is 9.21 Å². The van der Waals surface area contributed by atoms with Crippen molar-refractivity contribution >= 4 is 10.0 Å². The molecule has 5 nitrogen and oxygen atoms in total. The van der Waals surface area contributed by atoms with E-state index in [9.17, 15) is 8.42 Å². The molecule has 126 valence electrons. The maximum Gasteiger partial charge on any atom is 0.243 e. The van der Waals surface area contributed by atoms with Gasteiger partial charge in [0.05, 0.1) is 17.0 Å². The molecule has 0 amide bonds. The highest BCUT2D eigenvalue weighted by Gasteiger charge is 2.30. The Bertz CT molecular complexity index is 676. The van der Waals surface area contributed by atoms with Crippen molar-refractivity contribution in [2.45, 2.75) is 44.0 Å². The van der Waals surface area contributed by atoms with E-state index in [-0.39, 0.29) is 11.5 Å². The Morgan fingerprint density at radius 2 is 1.61 bits per heavy atom. The lowest BCUT2D eigenvalue weighted by molar-refractivity contribution is 0.169. The highest BCUT2D eigenvalue weighted by atomic mass is 32.2. The molecule has 0 N–H and O–H groups in total. The van der Waals surface area contributed by atoms with Crippen LogP contribution in [0.25, 0.3) is 0 Å². The summed E-state index contributed by atoms with van der Waals surface area (Å²) in [5.74, 6) is 0. The first-order valence-electron chi connectivity index (χ1n) is 7.90. The van der Waals surface area contributed by atoms with Crippen LogP contribution in [0.5, 0.6) is 0 Å². The number of sulfonamides is 1. The summed E-state index contributed by atoms with van der Waals surface area (Å²) < 4.78 is 27.0. The smallest absolute Gasteiger partial charge is 0.243 e. The first-order valence-corrected chi connectivity index (χ1v) is 9.34. The Kier molecular flexibility index (Phi) is 5.14. The van der Waals surface area contributed by atoms with Gasteiger partial charge in [-0.1, -0.05) is 32.9 Å². The van der Waals surface area contributed by atoms with Crippen LogP contribution in [0.15, 0.2) is 29.2 Å². The molecule has 6 heteroatoms. The summed E-state index contributed by atoms with van der Waals surface area (Å²) in [7, 11) is -3.46. The van der Waals surface area contributed by atoms with Gasteiger partial charge in [0.1, 0.15) is 0 Å². The molecule has 1 aliphatic heterocycles. The molecule has 1 aromatic rings. The van der Waals surface area contributed by atoms with E-state index in [2.05, 4.69) is 26.8 Å². The van der Waals surface area contributed by atoms with Crippen LogP contribution in [-0.4, -0.2) is 49.8 Å². The number of hydrogen-bond donors (Lipinski definition) is 0. The summed E-state index contributed by atoms with van der Waals surface area (Å²) in [6.07, 6.45) is 0. The van der Waals surface area contributed by atoms with E-state index in [1.54, 1.807) is 12.1 Å². The molecular weight excluding hydrogens is 310 g/mol. The molecular formula is C17H25N3O2S. The summed E-state index contributed by atoms with van der Waals surface area (Å²) in [6, 6.07) is 9.19. The highest BCUT2D eigenvalue weighted by Crippen LogP contribution is 2.25. The summed E-state index contributed by atoms with van der Waals surface area (Å²) >= 11 is 0. The minimum atomic E-state index is -3.46. The van der Waals surface area contributed by atoms with Crippen molar-refractivity contribution in [2.75, 3.05) is 26.2 Å². The zero-order chi connectivity index (χ0) is 17.3. The third-order valence-electron chi connectivity index (χ3n) is 4.37. The predicted octanol–water partition coefficient (Wildman–Crippen LogP) is 2.20. The van der Waals surface area contributed by atoms with Crippen molar-refractivity contribution in [1.29, 1.82) is 5.26 Å². The third kappa shape index (κ3) is 3.92. The van der Waals surface area contributed by atoms with Gasteiger partial charge >= 0.3 is 0 Å². The molecule has 1 aromatic carbocycles. The Morgan fingerprint density at radius 1 is 1.09 bits per heavy atom. The van der Waals surface area contributed by atoms with Gasteiger partial charge in [-0.2, -0.15) is 9.57 Å². The highest BCUT2D eigenvalue weighted by molar-refractivity contribution is 7.89. The van der Waals surface area contributed by atoms with E-state index < -0.39 is 10.0 Å². The van der Waals surface area contributed by atoms with Gasteiger partial charge < -0.3 is 0 Å². The van der Waals surface area contributed by atoms with Crippen LogP contribution in [0.1, 0.15) is 33.3 Å². The molecule has 2 rings (SSSR count). The van der Waals surface area contributed by atoms with E-state index in [0.29, 0.717) is 31.1 Å². The lowest BCUT2D eigenvalue weighted by Gasteiger charge is -2.35. The van der Waals surface area contributed by atoms with E-state index in [1.165, 1.54) is 4.31 Å². The maximum absolute atomic E-state index is 12.7. The first-order chi connectivity index (χ1) is 10.7. The second-order valence-electron chi connectivity index (χ2n) is 7.02. The average molecular weight is 335 g/mol. The normalized spacial score (nSPS) is 19.3. The molecule has 1 heterocycles. The summed E-state index contributed by atoms with van der Waals surface area (Å²) in [6.45, 7) is 10.2. The maximum atomic E-state index is 12.7. The second kappa shape index (κ2) is 6.60. The van der Waals surface area contributed by atoms with Crippen LogP contribution in [-0.2, 0) is 15.4 Å². The second-order valence-corrected chi connectivity index (χ2v) is 8.96. The molecule has 1 saturated heterocycles. The fourth-order valence-electron chi connectivity index (χ4n) is 2.69. The van der Waals surface area contributed by atoms with Crippen LogP contribution < -0.4 is 0 Å². The Labute approximate surface area is 139 Å². The first kappa shape index (κ1) is 17.9. The minimum Gasteiger partial charge on any atom is -0.286 e. The molecule has 0 spiro atoms. The van der Waals surface area contributed by atoms with Gasteiger partial charge in [0.15, 0.2) is 0 Å². The molecule has 0 aromatic heterocycles. The van der Waals surface area contributed by atoms with Gasteiger partial charge in [0.2, 0.25) is 10.0 Å². The monoisotopic (exact) mass is 335 g/mol. The van der Waals surface area contributed by atoms with Crippen molar-refractivity contribution in [3.63, 3.8) is 0 Å². The molecule has 0 aliphatic carbocycles. The van der Waals surface area contributed by atoms with Gasteiger partial charge in [-0.05, 0) is 30.0 Å². The number of benzene rings is 1. The van der Waals surface area contributed by atoms with E-state index in [4.69, 9.17) is 5.26 Å². The molecule has 1 aliphatic rings. The summed E-state index contributed by atoms with van der Waals surface area (Å²) in [5.41, 5.74) is 1.12. The minimum absolute atomic E-state index is 0.00134. The number of hydrogen-bond acceptors (Lipinski definition) is 4. The molecule has 0 unspecified atom stereocenters. The lowest BCUT2D eigenvalue weighted by Crippen LogP contribution is -2.50. The van der Waals surface area contributed by atoms with Crippen molar-refractivity contribution in [3.8, 4) is 6.07 Å². The zero-order valence-electron chi connectivity index (χ0n) is 14.3. The van der Waals surface area contributed by atoms with E-state index in [0.717, 1.165) is 5.56 Å². The number of nitriles is 1. The zero-order valence-corrected chi connectivity index (χ0v) is 15.1. The Hall–Kier alpha value is -1.42. The molecule has 1 fully saturated rings. The topological polar surface area (TPSA) is 64.4 Å². The Morgan fingerprint density at radius 3 is 2.04 bits per heavy atom. The SMILES string of the molecule is C[C@@H](C#N)N1CCN(S(=O)(=O)c2ccc(C(C)(C)C)cc2)CC1. The standard InChI is InChI=1S/C17H25N3O2S/c1-14(13-18)19-9-11-20(12-10-19)23(21,22)16-7-5-15(6-8-16)17(2,3)4/h5-8,14H,9-12H2,1-4H3/t14-/m0/s1. The summed E-state index contributed by atoms with van der Waals surface area (Å²) in [5, 5.41) is 8.96. The number of nitrogens with zero attached hydrogens (tertiary/aromatic N) is 3. The quantitative estimate of drug-likeness (QED) is 0.849. The fraction of sp³-hybridized carbons (Fsp3) is 0.588. The van der Waals surface area contributed by atoms with Crippen LogP contribution in [0.2, 0.25) is 0 Å². The average Bonchev–Trinajstić information content (AvgIpc) is 2.53. The van der Waals surface area contributed by atoms with Crippen molar-refractivity contribution in [3.05, 3.63) is 29.8 Å². The largest absolute Gasteiger partial charge is 0.286 e. The van der Waals surface area contributed by atoms with Gasteiger partial charge in [0, 0.05) is 26.2 Å². The van der Waals surface area contributed by atoms with Crippen LogP contribution in [0, 0.1) is 11.3 Å². The van der Waals surface area contributed by atoms with Crippen molar-refractivity contribution in [2.24, 2.45) is 0 Å². The summed E-state index contributed by atoms with van der Waals surface area (Å²) in [4.78, 5) is 2.35. The predicted molar refractivity (Wildman–Crippen MR) is 90.5 cm³/mol. The van der Waals surface area contributed by atoms with Crippen molar-refractivity contribution < 1.29 is 8.42 Å². The molecule has 0 bridgehead atoms. The van der Waals surface area contributed by atoms with Gasteiger partial charge in [-0.25, -0.2) is 8.42 Å². The fourth-order valence-corrected chi connectivity index (χ4v) is 4.11. The molecule has 0 saturated carbocycles. The molecule has 1 atom stereocenters. The lowest BCUT2D eigenvalue weighted by atomic mass is 9.87. The number of piperazine rings is 1. The number of rotatable bonds is 3. The molecule has 0 radical (unpaired) electrons. The van der Waals surface area contributed by atoms with Crippen LogP contribution >= 0.6 is 0 Å². The molecule has 23 heavy (non-hydrogen) atoms. The van der Waals surface area contributed by atoms with Gasteiger partial charge in [-0.15, -0.1) is 0 Å². The van der Waals surface area contributed by atoms with Crippen LogP contribution in [0.4, 0.5) is 0 Å². The van der Waals surface area contributed by atoms with Gasteiger partial charge in [-0.3, -0.25) is 4.90 Å². The Balaban J connectivity index is 2.13. The van der Waals surface area contributed by atoms with Crippen LogP contribution in [0.3, 0.4) is 0 Å². The van der Waals surface area contributed by atoms with Gasteiger partial charge in [0.25, 0.3) is 0 Å².